The van der Waals surface area contributed by atoms with Gasteiger partial charge in [-0.15, -0.1) is 0 Å². The van der Waals surface area contributed by atoms with E-state index in [1.54, 1.807) is 0 Å². The van der Waals surface area contributed by atoms with Crippen LogP contribution >= 0.6 is 0 Å². The molecule has 40 heavy (non-hydrogen) atoms. The first kappa shape index (κ1) is 21.5. The fourth-order valence-corrected chi connectivity index (χ4v) is 6.57. The third-order valence-electron chi connectivity index (χ3n) is 8.26. The largest absolute Gasteiger partial charge is 0.309 e. The Bertz CT molecular complexity index is 2430. The first-order chi connectivity index (χ1) is 19.9. The van der Waals surface area contributed by atoms with Gasteiger partial charge in [0.1, 0.15) is 5.65 Å². The summed E-state index contributed by atoms with van der Waals surface area (Å²) in [6.07, 6.45) is 0. The van der Waals surface area contributed by atoms with E-state index in [4.69, 9.17) is 4.98 Å². The number of imidazole rings is 1. The lowest BCUT2D eigenvalue weighted by Gasteiger charge is -2.14. The van der Waals surface area contributed by atoms with Gasteiger partial charge in [0.05, 0.1) is 27.6 Å². The van der Waals surface area contributed by atoms with Crippen LogP contribution in [0.25, 0.3) is 77.0 Å². The van der Waals surface area contributed by atoms with Crippen molar-refractivity contribution < 1.29 is 0 Å². The Labute approximate surface area is 230 Å². The Balaban J connectivity index is 1.51. The lowest BCUT2D eigenvalue weighted by molar-refractivity contribution is 1.19. The lowest BCUT2D eigenvalue weighted by Crippen LogP contribution is -1.97. The number of pyridine rings is 1. The molecule has 9 rings (SSSR count). The maximum Gasteiger partial charge on any atom is 0.146 e. The van der Waals surface area contributed by atoms with E-state index in [0.29, 0.717) is 0 Å². The van der Waals surface area contributed by atoms with E-state index in [-0.39, 0.29) is 0 Å². The van der Waals surface area contributed by atoms with Crippen LogP contribution in [0, 0.1) is 0 Å². The van der Waals surface area contributed by atoms with Crippen LogP contribution in [-0.2, 0) is 0 Å². The number of para-hydroxylation sites is 4. The van der Waals surface area contributed by atoms with Gasteiger partial charge in [-0.3, -0.25) is 4.40 Å². The molecule has 0 spiro atoms. The van der Waals surface area contributed by atoms with Crippen molar-refractivity contribution in [3.05, 3.63) is 140 Å². The minimum Gasteiger partial charge on any atom is -0.309 e. The lowest BCUT2D eigenvalue weighted by atomic mass is 10.0. The van der Waals surface area contributed by atoms with E-state index in [1.807, 2.05) is 0 Å². The molecule has 0 aliphatic rings. The number of hydrogen-bond acceptors (Lipinski definition) is 1. The highest BCUT2D eigenvalue weighted by Gasteiger charge is 2.20. The van der Waals surface area contributed by atoms with Crippen molar-refractivity contribution in [2.75, 3.05) is 0 Å². The maximum absolute atomic E-state index is 5.16. The monoisotopic (exact) mass is 509 g/mol. The van der Waals surface area contributed by atoms with Gasteiger partial charge in [0.2, 0.25) is 0 Å². The van der Waals surface area contributed by atoms with Gasteiger partial charge < -0.3 is 4.57 Å². The standard InChI is InChI=1S/C37H23N3/c1-2-11-24(12-3-1)25-13-10-14-26(23-25)39-32-18-7-4-15-27(32)28-21-22-30-35(36(28)39)29-16-5-8-19-33(29)40-34-20-9-6-17-31(34)38-37(30)40/h1-23H. The van der Waals surface area contributed by atoms with Crippen LogP contribution in [0.3, 0.4) is 0 Å². The molecule has 0 saturated carbocycles. The fraction of sp³-hybridized carbons (Fsp3) is 0. The van der Waals surface area contributed by atoms with Crippen LogP contribution in [0.4, 0.5) is 0 Å². The first-order valence-electron chi connectivity index (χ1n) is 13.7. The van der Waals surface area contributed by atoms with Crippen molar-refractivity contribution in [2.24, 2.45) is 0 Å². The predicted molar refractivity (Wildman–Crippen MR) is 167 cm³/mol. The first-order valence-corrected chi connectivity index (χ1v) is 13.7. The van der Waals surface area contributed by atoms with Crippen molar-refractivity contribution >= 4 is 60.2 Å². The van der Waals surface area contributed by atoms with Gasteiger partial charge in [-0.05, 0) is 53.6 Å². The van der Waals surface area contributed by atoms with Crippen molar-refractivity contribution in [1.29, 1.82) is 0 Å². The van der Waals surface area contributed by atoms with Gasteiger partial charge in [-0.2, -0.15) is 0 Å². The second-order valence-corrected chi connectivity index (χ2v) is 10.4. The normalized spacial score (nSPS) is 12.0. The molecule has 0 fully saturated rings. The second kappa shape index (κ2) is 8.05. The summed E-state index contributed by atoms with van der Waals surface area (Å²) in [6.45, 7) is 0. The molecule has 0 amide bonds. The summed E-state index contributed by atoms with van der Waals surface area (Å²) in [4.78, 5) is 5.16. The summed E-state index contributed by atoms with van der Waals surface area (Å²) in [5, 5.41) is 6.12. The molecule has 186 valence electrons. The molecule has 3 aromatic heterocycles. The molecular weight excluding hydrogens is 486 g/mol. The molecule has 3 heteroatoms. The van der Waals surface area contributed by atoms with Crippen molar-refractivity contribution in [3.8, 4) is 16.8 Å². The minimum absolute atomic E-state index is 0.992. The summed E-state index contributed by atoms with van der Waals surface area (Å²) >= 11 is 0. The van der Waals surface area contributed by atoms with Crippen LogP contribution in [0.2, 0.25) is 0 Å². The smallest absolute Gasteiger partial charge is 0.146 e. The van der Waals surface area contributed by atoms with Crippen molar-refractivity contribution in [3.63, 3.8) is 0 Å². The van der Waals surface area contributed by atoms with Crippen LogP contribution in [0.5, 0.6) is 0 Å². The number of rotatable bonds is 2. The number of fused-ring (bicyclic) bond motifs is 12. The van der Waals surface area contributed by atoms with Crippen LogP contribution in [0.1, 0.15) is 0 Å². The summed E-state index contributed by atoms with van der Waals surface area (Å²) in [6, 6.07) is 50.0. The molecule has 0 aliphatic heterocycles. The Morgan fingerprint density at radius 3 is 2.00 bits per heavy atom. The summed E-state index contributed by atoms with van der Waals surface area (Å²) in [5.41, 5.74) is 10.3. The molecular formula is C37H23N3. The third kappa shape index (κ3) is 2.86. The highest BCUT2D eigenvalue weighted by molar-refractivity contribution is 6.28. The summed E-state index contributed by atoms with van der Waals surface area (Å²) in [7, 11) is 0. The van der Waals surface area contributed by atoms with E-state index in [1.165, 1.54) is 49.2 Å². The van der Waals surface area contributed by atoms with Gasteiger partial charge in [0.25, 0.3) is 0 Å². The number of aromatic nitrogens is 3. The maximum atomic E-state index is 5.16. The molecule has 3 nitrogen and oxygen atoms in total. The van der Waals surface area contributed by atoms with Gasteiger partial charge in [-0.1, -0.05) is 97.1 Å². The highest BCUT2D eigenvalue weighted by atomic mass is 15.0. The van der Waals surface area contributed by atoms with E-state index >= 15 is 0 Å². The number of benzene rings is 6. The Kier molecular flexibility index (Phi) is 4.33. The third-order valence-corrected chi connectivity index (χ3v) is 8.26. The minimum atomic E-state index is 0.992. The highest BCUT2D eigenvalue weighted by Crippen LogP contribution is 2.41. The number of hydrogen-bond donors (Lipinski definition) is 0. The van der Waals surface area contributed by atoms with Crippen molar-refractivity contribution in [1.82, 2.24) is 14.0 Å². The SMILES string of the molecule is c1ccc(-c2cccc(-n3c4ccccc4c4ccc5c(c6ccccc6n6c7ccccc7nc56)c43)c2)cc1. The Hall–Kier alpha value is -5.41. The summed E-state index contributed by atoms with van der Waals surface area (Å²) in [5.74, 6) is 0. The zero-order valence-electron chi connectivity index (χ0n) is 21.6. The molecule has 6 aromatic carbocycles. The van der Waals surface area contributed by atoms with E-state index < -0.39 is 0 Å². The molecule has 0 bridgehead atoms. The fourth-order valence-electron chi connectivity index (χ4n) is 6.57. The molecule has 0 radical (unpaired) electrons. The molecule has 3 heterocycles. The number of nitrogens with zero attached hydrogens (tertiary/aromatic N) is 3. The Morgan fingerprint density at radius 2 is 1.12 bits per heavy atom. The molecule has 0 saturated heterocycles. The van der Waals surface area contributed by atoms with Crippen LogP contribution in [0.15, 0.2) is 140 Å². The quantitative estimate of drug-likeness (QED) is 0.213. The average Bonchev–Trinajstić information content (AvgIpc) is 3.58. The molecule has 0 unspecified atom stereocenters. The van der Waals surface area contributed by atoms with Crippen LogP contribution in [-0.4, -0.2) is 14.0 Å². The topological polar surface area (TPSA) is 22.2 Å². The van der Waals surface area contributed by atoms with E-state index in [0.717, 1.165) is 27.8 Å². The molecule has 9 aromatic rings. The van der Waals surface area contributed by atoms with Gasteiger partial charge in [0, 0.05) is 32.6 Å². The zero-order chi connectivity index (χ0) is 26.2. The molecule has 0 atom stereocenters. The molecule has 0 aliphatic carbocycles. The van der Waals surface area contributed by atoms with E-state index in [9.17, 15) is 0 Å². The predicted octanol–water partition coefficient (Wildman–Crippen LogP) is 9.56. The second-order valence-electron chi connectivity index (χ2n) is 10.4. The molecule has 0 N–H and O–H groups in total. The van der Waals surface area contributed by atoms with Crippen molar-refractivity contribution in [2.45, 2.75) is 0 Å². The van der Waals surface area contributed by atoms with Gasteiger partial charge >= 0.3 is 0 Å². The van der Waals surface area contributed by atoms with Gasteiger partial charge in [-0.25, -0.2) is 4.98 Å². The Morgan fingerprint density at radius 1 is 0.450 bits per heavy atom. The average molecular weight is 510 g/mol. The zero-order valence-corrected chi connectivity index (χ0v) is 21.6. The van der Waals surface area contributed by atoms with Crippen LogP contribution < -0.4 is 0 Å². The van der Waals surface area contributed by atoms with E-state index in [2.05, 4.69) is 148 Å². The summed E-state index contributed by atoms with van der Waals surface area (Å²) < 4.78 is 4.77. The van der Waals surface area contributed by atoms with Gasteiger partial charge in [0.15, 0.2) is 0 Å².